The van der Waals surface area contributed by atoms with E-state index in [1.54, 1.807) is 45.3 Å². The third-order valence-electron chi connectivity index (χ3n) is 4.34. The molecule has 0 bridgehead atoms. The van der Waals surface area contributed by atoms with Crippen LogP contribution in [0.3, 0.4) is 0 Å². The lowest BCUT2D eigenvalue weighted by molar-refractivity contribution is 0.466. The molecule has 192 valence electrons. The minimum Gasteiger partial charge on any atom is -0.296 e. The van der Waals surface area contributed by atoms with Gasteiger partial charge in [-0.2, -0.15) is 25.2 Å². The lowest BCUT2D eigenvalue weighted by atomic mass is 10.2. The number of aryl methyl sites for hydroxylation is 1. The summed E-state index contributed by atoms with van der Waals surface area (Å²) >= 11 is 0. The van der Waals surface area contributed by atoms with Gasteiger partial charge in [-0.3, -0.25) is 14.3 Å². The van der Waals surface area contributed by atoms with Crippen molar-refractivity contribution < 1.29 is 0 Å². The molecule has 0 saturated carbocycles. The minimum atomic E-state index is -0.175. The van der Waals surface area contributed by atoms with Crippen LogP contribution in [0.4, 0.5) is 0 Å². The molecule has 0 radical (unpaired) electrons. The average molecular weight is 486 g/mol. The number of nitrogens with zero attached hydrogens (tertiary/aromatic N) is 10. The normalized spacial score (nSPS) is 10.4. The number of aromatic amines is 1. The zero-order chi connectivity index (χ0) is 26.4. The van der Waals surface area contributed by atoms with E-state index < -0.39 is 0 Å². The van der Waals surface area contributed by atoms with E-state index in [9.17, 15) is 4.79 Å². The smallest absolute Gasteiger partial charge is 0.296 e. The summed E-state index contributed by atoms with van der Waals surface area (Å²) in [6.45, 7) is 18.2. The standard InChI is InChI=1S/C8H12N2O.3C5H9N3/c1-6(2)10-5-7(3)4-9-8(10)11;1-5(2)8-4-6-3-7-8;1-5(2)8-6-3-4-7-8;1-4(2)5-6-3-7-8-5/h4-6H,1-3H3;2*3-5H,1-2H3;3-4H,1-2H3,(H,6,7,8). The van der Waals surface area contributed by atoms with Gasteiger partial charge in [0.25, 0.3) is 0 Å². The van der Waals surface area contributed by atoms with Crippen molar-refractivity contribution in [3.8, 4) is 0 Å². The maximum atomic E-state index is 11.1. The zero-order valence-electron chi connectivity index (χ0n) is 22.2. The summed E-state index contributed by atoms with van der Waals surface area (Å²) in [5.74, 6) is 1.41. The molecule has 0 aliphatic heterocycles. The molecule has 0 atom stereocenters. The molecule has 12 nitrogen and oxygen atoms in total. The summed E-state index contributed by atoms with van der Waals surface area (Å²) in [6, 6.07) is 0.998. The Bertz CT molecular complexity index is 990. The van der Waals surface area contributed by atoms with Gasteiger partial charge in [0, 0.05) is 30.4 Å². The molecule has 0 amide bonds. The molecule has 35 heavy (non-hydrogen) atoms. The van der Waals surface area contributed by atoms with E-state index in [2.05, 4.69) is 68.1 Å². The van der Waals surface area contributed by atoms with Gasteiger partial charge in [-0.05, 0) is 54.0 Å². The Morgan fingerprint density at radius 1 is 0.829 bits per heavy atom. The maximum Gasteiger partial charge on any atom is 0.347 e. The Hall–Kier alpha value is -3.70. The van der Waals surface area contributed by atoms with Gasteiger partial charge >= 0.3 is 5.69 Å². The van der Waals surface area contributed by atoms with Crippen LogP contribution in [0.1, 0.15) is 90.8 Å². The molecule has 4 aromatic heterocycles. The minimum absolute atomic E-state index is 0.175. The van der Waals surface area contributed by atoms with Crippen LogP contribution in [0, 0.1) is 6.92 Å². The summed E-state index contributed by atoms with van der Waals surface area (Å²) in [7, 11) is 0. The molecule has 0 aliphatic carbocycles. The number of rotatable bonds is 4. The van der Waals surface area contributed by atoms with E-state index in [0.717, 1.165) is 11.4 Å². The highest BCUT2D eigenvalue weighted by Crippen LogP contribution is 2.04. The Morgan fingerprint density at radius 3 is 1.80 bits per heavy atom. The van der Waals surface area contributed by atoms with Crippen molar-refractivity contribution in [1.82, 2.24) is 54.5 Å². The monoisotopic (exact) mass is 485 g/mol. The van der Waals surface area contributed by atoms with Gasteiger partial charge < -0.3 is 0 Å². The summed E-state index contributed by atoms with van der Waals surface area (Å²) in [6.07, 6.45) is 11.5. The number of hydrogen-bond donors (Lipinski definition) is 1. The number of nitrogens with one attached hydrogen (secondary N) is 1. The third-order valence-corrected chi connectivity index (χ3v) is 4.34. The Morgan fingerprint density at radius 2 is 1.49 bits per heavy atom. The van der Waals surface area contributed by atoms with Crippen LogP contribution in [0.15, 0.2) is 48.6 Å². The van der Waals surface area contributed by atoms with Gasteiger partial charge in [0.1, 0.15) is 24.8 Å². The highest BCUT2D eigenvalue weighted by Gasteiger charge is 2.00. The van der Waals surface area contributed by atoms with Crippen LogP contribution in [-0.4, -0.2) is 54.5 Å². The second-order valence-corrected chi connectivity index (χ2v) is 8.85. The molecule has 0 unspecified atom stereocenters. The van der Waals surface area contributed by atoms with Crippen molar-refractivity contribution in [1.29, 1.82) is 0 Å². The summed E-state index contributed by atoms with van der Waals surface area (Å²) in [5, 5.41) is 18.2. The van der Waals surface area contributed by atoms with Crippen LogP contribution in [0.2, 0.25) is 0 Å². The van der Waals surface area contributed by atoms with E-state index in [1.165, 1.54) is 6.33 Å². The number of hydrogen-bond acceptors (Lipinski definition) is 8. The summed E-state index contributed by atoms with van der Waals surface area (Å²) in [4.78, 5) is 24.2. The number of H-pyrrole nitrogens is 1. The van der Waals surface area contributed by atoms with Crippen molar-refractivity contribution in [3.63, 3.8) is 0 Å². The van der Waals surface area contributed by atoms with E-state index in [1.807, 2.05) is 40.8 Å². The Kier molecular flexibility index (Phi) is 12.8. The lowest BCUT2D eigenvalue weighted by Crippen LogP contribution is -2.23. The van der Waals surface area contributed by atoms with E-state index >= 15 is 0 Å². The Balaban J connectivity index is 0.000000236. The van der Waals surface area contributed by atoms with Gasteiger partial charge in [0.2, 0.25) is 0 Å². The van der Waals surface area contributed by atoms with E-state index in [0.29, 0.717) is 18.0 Å². The second-order valence-electron chi connectivity index (χ2n) is 8.85. The fourth-order valence-electron chi connectivity index (χ4n) is 2.37. The molecular formula is C23H39N11O. The molecule has 0 fully saturated rings. The SMILES string of the molecule is CC(C)c1ncn[nH]1.CC(C)n1cncn1.CC(C)n1nccn1.Cc1cnc(=O)n(C(C)C)c1. The third kappa shape index (κ3) is 11.3. The van der Waals surface area contributed by atoms with Crippen LogP contribution >= 0.6 is 0 Å². The van der Waals surface area contributed by atoms with Gasteiger partial charge in [-0.25, -0.2) is 19.7 Å². The highest BCUT2D eigenvalue weighted by atomic mass is 16.1. The number of aromatic nitrogens is 11. The van der Waals surface area contributed by atoms with Crippen molar-refractivity contribution >= 4 is 0 Å². The molecular weight excluding hydrogens is 446 g/mol. The van der Waals surface area contributed by atoms with Crippen LogP contribution in [0.25, 0.3) is 0 Å². The highest BCUT2D eigenvalue weighted by molar-refractivity contribution is 5.00. The van der Waals surface area contributed by atoms with Crippen LogP contribution in [-0.2, 0) is 0 Å². The van der Waals surface area contributed by atoms with Gasteiger partial charge in [-0.15, -0.1) is 0 Å². The summed E-state index contributed by atoms with van der Waals surface area (Å²) in [5.41, 5.74) is 0.837. The van der Waals surface area contributed by atoms with Crippen molar-refractivity contribution in [3.05, 3.63) is 65.6 Å². The average Bonchev–Trinajstić information content (AvgIpc) is 3.60. The first-order chi connectivity index (χ1) is 16.5. The molecule has 4 aromatic rings. The van der Waals surface area contributed by atoms with E-state index in [4.69, 9.17) is 0 Å². The largest absolute Gasteiger partial charge is 0.347 e. The first-order valence-electron chi connectivity index (χ1n) is 11.6. The first kappa shape index (κ1) is 29.3. The summed E-state index contributed by atoms with van der Waals surface area (Å²) < 4.78 is 3.43. The fourth-order valence-corrected chi connectivity index (χ4v) is 2.37. The molecule has 0 saturated heterocycles. The van der Waals surface area contributed by atoms with Gasteiger partial charge in [-0.1, -0.05) is 13.8 Å². The van der Waals surface area contributed by atoms with Crippen molar-refractivity contribution in [2.24, 2.45) is 0 Å². The molecule has 12 heteroatoms. The molecule has 0 spiro atoms. The topological polar surface area (TPSA) is 138 Å². The lowest BCUT2D eigenvalue weighted by Gasteiger charge is -2.07. The zero-order valence-corrected chi connectivity index (χ0v) is 22.2. The molecule has 4 rings (SSSR count). The van der Waals surface area contributed by atoms with Crippen LogP contribution in [0.5, 0.6) is 0 Å². The molecule has 0 aromatic carbocycles. The molecule has 0 aliphatic rings. The van der Waals surface area contributed by atoms with Crippen molar-refractivity contribution in [2.45, 2.75) is 86.4 Å². The first-order valence-corrected chi connectivity index (χ1v) is 11.6. The quantitative estimate of drug-likeness (QED) is 0.461. The van der Waals surface area contributed by atoms with Crippen molar-refractivity contribution in [2.75, 3.05) is 0 Å². The molecule has 1 N–H and O–H groups in total. The Labute approximate surface area is 206 Å². The maximum absolute atomic E-state index is 11.1. The van der Waals surface area contributed by atoms with Crippen LogP contribution < -0.4 is 5.69 Å². The van der Waals surface area contributed by atoms with Gasteiger partial charge in [0.15, 0.2) is 0 Å². The second kappa shape index (κ2) is 15.3. The predicted octanol–water partition coefficient (Wildman–Crippen LogP) is 3.78. The predicted molar refractivity (Wildman–Crippen MR) is 135 cm³/mol. The molecule has 4 heterocycles. The van der Waals surface area contributed by atoms with E-state index in [-0.39, 0.29) is 11.7 Å². The van der Waals surface area contributed by atoms with Gasteiger partial charge in [0.05, 0.1) is 18.4 Å². The fraction of sp³-hybridized carbons (Fsp3) is 0.565.